The van der Waals surface area contributed by atoms with Crippen LogP contribution in [0, 0.1) is 0 Å². The fourth-order valence-corrected chi connectivity index (χ4v) is 1.76. The quantitative estimate of drug-likeness (QED) is 0.601. The van der Waals surface area contributed by atoms with Crippen LogP contribution in [-0.2, 0) is 9.47 Å². The van der Waals surface area contributed by atoms with Crippen molar-refractivity contribution in [2.24, 2.45) is 0 Å². The first-order chi connectivity index (χ1) is 7.77. The van der Waals surface area contributed by atoms with E-state index >= 15 is 0 Å². The number of rotatable bonds is 3. The fraction of sp³-hybridized carbons (Fsp3) is 0.455. The summed E-state index contributed by atoms with van der Waals surface area (Å²) in [6.45, 7) is 1.03. The van der Waals surface area contributed by atoms with Crippen LogP contribution in [0.1, 0.15) is 23.2 Å². The Morgan fingerprint density at radius 2 is 2.56 bits per heavy atom. The van der Waals surface area contributed by atoms with Crippen molar-refractivity contribution in [1.82, 2.24) is 4.98 Å². The van der Waals surface area contributed by atoms with Crippen molar-refractivity contribution < 1.29 is 14.3 Å². The van der Waals surface area contributed by atoms with Crippen molar-refractivity contribution in [1.29, 1.82) is 0 Å². The average molecular weight is 242 g/mol. The van der Waals surface area contributed by atoms with E-state index in [2.05, 4.69) is 4.98 Å². The predicted molar refractivity (Wildman–Crippen MR) is 58.5 cm³/mol. The molecule has 1 aromatic rings. The van der Waals surface area contributed by atoms with Crippen LogP contribution >= 0.6 is 11.6 Å². The van der Waals surface area contributed by atoms with Gasteiger partial charge in [0.2, 0.25) is 0 Å². The Morgan fingerprint density at radius 1 is 1.69 bits per heavy atom. The molecular weight excluding hydrogens is 230 g/mol. The lowest BCUT2D eigenvalue weighted by Crippen LogP contribution is -2.18. The summed E-state index contributed by atoms with van der Waals surface area (Å²) in [4.78, 5) is 15.4. The third-order valence-corrected chi connectivity index (χ3v) is 2.70. The summed E-state index contributed by atoms with van der Waals surface area (Å²) in [6, 6.07) is 3.24. The van der Waals surface area contributed by atoms with Crippen molar-refractivity contribution >= 4 is 17.6 Å². The molecule has 2 heterocycles. The van der Waals surface area contributed by atoms with Crippen molar-refractivity contribution in [3.8, 4) is 0 Å². The molecule has 0 amide bonds. The first kappa shape index (κ1) is 11.4. The van der Waals surface area contributed by atoms with Gasteiger partial charge >= 0.3 is 5.97 Å². The van der Waals surface area contributed by atoms with Gasteiger partial charge in [0.1, 0.15) is 11.8 Å². The lowest BCUT2D eigenvalue weighted by atomic mass is 10.2. The van der Waals surface area contributed by atoms with Gasteiger partial charge in [-0.25, -0.2) is 9.78 Å². The van der Waals surface area contributed by atoms with E-state index < -0.39 is 5.97 Å². The minimum atomic E-state index is -0.450. The van der Waals surface area contributed by atoms with Crippen LogP contribution in [0.5, 0.6) is 0 Å². The number of pyridine rings is 1. The molecule has 0 N–H and O–H groups in total. The van der Waals surface area contributed by atoms with E-state index in [9.17, 15) is 4.79 Å². The molecule has 0 aliphatic carbocycles. The lowest BCUT2D eigenvalue weighted by Gasteiger charge is -2.10. The van der Waals surface area contributed by atoms with Gasteiger partial charge in [0.25, 0.3) is 0 Å². The normalized spacial score (nSPS) is 19.7. The Balaban J connectivity index is 1.90. The molecular formula is C11H12ClNO3. The Morgan fingerprint density at radius 3 is 3.25 bits per heavy atom. The van der Waals surface area contributed by atoms with Crippen LogP contribution in [0.2, 0.25) is 5.15 Å². The van der Waals surface area contributed by atoms with Gasteiger partial charge < -0.3 is 9.47 Å². The molecule has 5 heteroatoms. The van der Waals surface area contributed by atoms with Crippen LogP contribution in [0.3, 0.4) is 0 Å². The molecule has 0 aromatic carbocycles. The van der Waals surface area contributed by atoms with E-state index in [-0.39, 0.29) is 17.9 Å². The van der Waals surface area contributed by atoms with Crippen LogP contribution in [0.25, 0.3) is 0 Å². The van der Waals surface area contributed by atoms with E-state index in [4.69, 9.17) is 21.1 Å². The predicted octanol–water partition coefficient (Wildman–Crippen LogP) is 2.07. The van der Waals surface area contributed by atoms with E-state index in [0.29, 0.717) is 5.56 Å². The first-order valence-corrected chi connectivity index (χ1v) is 5.54. The highest BCUT2D eigenvalue weighted by Crippen LogP contribution is 2.15. The Bertz CT molecular complexity index is 377. The van der Waals surface area contributed by atoms with Crippen molar-refractivity contribution in [2.75, 3.05) is 13.2 Å². The highest BCUT2D eigenvalue weighted by atomic mass is 35.5. The number of ether oxygens (including phenoxy) is 2. The number of aromatic nitrogens is 1. The van der Waals surface area contributed by atoms with E-state index in [1.54, 1.807) is 12.1 Å². The summed E-state index contributed by atoms with van der Waals surface area (Å²) in [5.41, 5.74) is 0.294. The van der Waals surface area contributed by atoms with Gasteiger partial charge in [-0.1, -0.05) is 11.6 Å². The van der Waals surface area contributed by atoms with Crippen LogP contribution < -0.4 is 0 Å². The fourth-order valence-electron chi connectivity index (χ4n) is 1.56. The maximum Gasteiger partial charge on any atom is 0.341 e. The van der Waals surface area contributed by atoms with E-state index in [1.807, 2.05) is 0 Å². The Labute approximate surface area is 98.5 Å². The first-order valence-electron chi connectivity index (χ1n) is 5.16. The molecule has 1 fully saturated rings. The van der Waals surface area contributed by atoms with Gasteiger partial charge in [0, 0.05) is 12.8 Å². The average Bonchev–Trinajstić information content (AvgIpc) is 2.79. The molecule has 1 aliphatic rings. The summed E-state index contributed by atoms with van der Waals surface area (Å²) in [6.07, 6.45) is 3.52. The third kappa shape index (κ3) is 2.71. The number of nitrogens with zero attached hydrogens (tertiary/aromatic N) is 1. The van der Waals surface area contributed by atoms with Crippen LogP contribution in [0.15, 0.2) is 18.3 Å². The molecule has 16 heavy (non-hydrogen) atoms. The largest absolute Gasteiger partial charge is 0.459 e. The maximum absolute atomic E-state index is 11.6. The van der Waals surface area contributed by atoms with E-state index in [1.165, 1.54) is 6.20 Å². The van der Waals surface area contributed by atoms with Crippen molar-refractivity contribution in [3.63, 3.8) is 0 Å². The molecule has 2 rings (SSSR count). The summed E-state index contributed by atoms with van der Waals surface area (Å²) in [7, 11) is 0. The summed E-state index contributed by atoms with van der Waals surface area (Å²) < 4.78 is 10.4. The van der Waals surface area contributed by atoms with Gasteiger partial charge in [0.15, 0.2) is 0 Å². The van der Waals surface area contributed by atoms with E-state index in [0.717, 1.165) is 19.4 Å². The molecule has 0 saturated carbocycles. The lowest BCUT2D eigenvalue weighted by molar-refractivity contribution is 0.0161. The molecule has 86 valence electrons. The van der Waals surface area contributed by atoms with Gasteiger partial charge in [-0.15, -0.1) is 0 Å². The molecule has 1 aromatic heterocycles. The van der Waals surface area contributed by atoms with Crippen molar-refractivity contribution in [3.05, 3.63) is 29.0 Å². The zero-order valence-electron chi connectivity index (χ0n) is 8.69. The second-order valence-electron chi connectivity index (χ2n) is 3.58. The molecule has 0 unspecified atom stereocenters. The summed E-state index contributed by atoms with van der Waals surface area (Å²) in [5.74, 6) is -0.450. The molecule has 1 saturated heterocycles. The number of esters is 1. The Kier molecular flexibility index (Phi) is 3.74. The van der Waals surface area contributed by atoms with Crippen LogP contribution in [0.4, 0.5) is 0 Å². The SMILES string of the molecule is O=C(OC[C@@H]1CCCO1)c1cccnc1Cl. The topological polar surface area (TPSA) is 48.4 Å². The molecule has 0 radical (unpaired) electrons. The molecule has 1 atom stereocenters. The number of hydrogen-bond acceptors (Lipinski definition) is 4. The molecule has 0 bridgehead atoms. The van der Waals surface area contributed by atoms with Gasteiger partial charge in [-0.3, -0.25) is 0 Å². The zero-order valence-corrected chi connectivity index (χ0v) is 9.44. The Hall–Kier alpha value is -1.13. The summed E-state index contributed by atoms with van der Waals surface area (Å²) in [5, 5.41) is 0.167. The molecule has 4 nitrogen and oxygen atoms in total. The maximum atomic E-state index is 11.6. The number of carbonyl (C=O) groups excluding carboxylic acids is 1. The van der Waals surface area contributed by atoms with Gasteiger partial charge in [-0.05, 0) is 25.0 Å². The highest BCUT2D eigenvalue weighted by molar-refractivity contribution is 6.32. The van der Waals surface area contributed by atoms with Gasteiger partial charge in [-0.2, -0.15) is 0 Å². The van der Waals surface area contributed by atoms with Crippen LogP contribution in [-0.4, -0.2) is 30.3 Å². The number of carbonyl (C=O) groups is 1. The molecule has 1 aliphatic heterocycles. The zero-order chi connectivity index (χ0) is 11.4. The third-order valence-electron chi connectivity index (χ3n) is 2.40. The van der Waals surface area contributed by atoms with Gasteiger partial charge in [0.05, 0.1) is 11.7 Å². The highest BCUT2D eigenvalue weighted by Gasteiger charge is 2.19. The number of halogens is 1. The minimum absolute atomic E-state index is 0.0272. The smallest absolute Gasteiger partial charge is 0.341 e. The standard InChI is InChI=1S/C11H12ClNO3/c12-10-9(4-1-5-13-10)11(14)16-7-8-3-2-6-15-8/h1,4-5,8H,2-3,6-7H2/t8-/m0/s1. The molecule has 0 spiro atoms. The number of hydrogen-bond donors (Lipinski definition) is 0. The monoisotopic (exact) mass is 241 g/mol. The second-order valence-corrected chi connectivity index (χ2v) is 3.93. The second kappa shape index (κ2) is 5.27. The minimum Gasteiger partial charge on any atom is -0.459 e. The van der Waals surface area contributed by atoms with Crippen molar-refractivity contribution in [2.45, 2.75) is 18.9 Å². The summed E-state index contributed by atoms with van der Waals surface area (Å²) >= 11 is 5.77.